The Morgan fingerprint density at radius 2 is 0.591 bits per heavy atom. The number of benzene rings is 6. The molecule has 0 spiro atoms. The molecule has 66 heavy (non-hydrogen) atoms. The highest BCUT2D eigenvalue weighted by Gasteiger charge is 2.38. The Morgan fingerprint density at radius 1 is 0.364 bits per heavy atom. The van der Waals surface area contributed by atoms with Crippen LogP contribution < -0.4 is 0 Å². The molecule has 0 aliphatic heterocycles. The summed E-state index contributed by atoms with van der Waals surface area (Å²) < 4.78 is 13.2. The van der Waals surface area contributed by atoms with Crippen LogP contribution in [-0.2, 0) is 22.1 Å². The van der Waals surface area contributed by atoms with E-state index in [-0.39, 0.29) is 10.1 Å². The van der Waals surface area contributed by atoms with Gasteiger partial charge in [-0.3, -0.25) is 0 Å². The van der Waals surface area contributed by atoms with Crippen molar-refractivity contribution in [3.05, 3.63) is 212 Å². The van der Waals surface area contributed by atoms with Crippen LogP contribution in [0.1, 0.15) is 121 Å². The van der Waals surface area contributed by atoms with Crippen molar-refractivity contribution in [1.29, 1.82) is 0 Å². The molecule has 0 heterocycles. The van der Waals surface area contributed by atoms with Gasteiger partial charge in [0.2, 0.25) is 0 Å². The van der Waals surface area contributed by atoms with Crippen LogP contribution in [-0.4, -0.2) is 26.8 Å². The SMILES string of the molecule is CC(C)(C)[Si](C)(C)OCc1ccccc1/C=C\c1ccccc1/C=C\c1ccccc1C(O)C(O)c1ccccc1/C=C\c1ccccc1/C=C\c1ccccc1CO[Si](C)(C)C(C)(C)C. The molecule has 0 saturated heterocycles. The second-order valence-corrected chi connectivity index (χ2v) is 29.9. The lowest BCUT2D eigenvalue weighted by atomic mass is 9.91. The van der Waals surface area contributed by atoms with Crippen molar-refractivity contribution in [2.75, 3.05) is 0 Å². The zero-order valence-electron chi connectivity index (χ0n) is 40.8. The average molecular weight is 911 g/mol. The molecule has 2 unspecified atom stereocenters. The Kier molecular flexibility index (Phi) is 16.6. The van der Waals surface area contributed by atoms with Crippen LogP contribution in [0.3, 0.4) is 0 Å². The van der Waals surface area contributed by atoms with Crippen molar-refractivity contribution < 1.29 is 19.1 Å². The molecule has 6 aromatic rings. The standard InChI is InChI=1S/C60H70O4Si2/c1-59(2,3)65(7,8)63-43-53-31-17-15-27-49(53)37-35-45-23-11-13-25-47(45)39-41-51-29-19-21-33-55(51)57(61)58(62)56-34-22-20-30-52(56)42-40-48-26-14-12-24-46(48)36-38-50-28-16-18-32-54(50)44-64-66(9,10)60(4,5)6/h11-42,57-58,61-62H,43-44H2,1-10H3/b37-35-,38-36-,41-39-,42-40-. The van der Waals surface area contributed by atoms with E-state index in [1.54, 1.807) is 0 Å². The monoisotopic (exact) mass is 910 g/mol. The van der Waals surface area contributed by atoms with Crippen molar-refractivity contribution in [2.45, 2.75) is 103 Å². The molecule has 0 radical (unpaired) electrons. The first-order valence-corrected chi connectivity index (χ1v) is 29.0. The lowest BCUT2D eigenvalue weighted by Gasteiger charge is -2.36. The van der Waals surface area contributed by atoms with Gasteiger partial charge in [0.05, 0.1) is 13.2 Å². The molecule has 6 aromatic carbocycles. The predicted octanol–water partition coefficient (Wildman–Crippen LogP) is 16.2. The average Bonchev–Trinajstić information content (AvgIpc) is 3.30. The largest absolute Gasteiger partial charge is 0.413 e. The second-order valence-electron chi connectivity index (χ2n) is 20.2. The van der Waals surface area contributed by atoms with Gasteiger partial charge >= 0.3 is 0 Å². The van der Waals surface area contributed by atoms with E-state index in [1.165, 1.54) is 11.1 Å². The summed E-state index contributed by atoms with van der Waals surface area (Å²) in [6.07, 6.45) is 14.5. The Balaban J connectivity index is 1.19. The fraction of sp³-hybridized carbons (Fsp3) is 0.267. The van der Waals surface area contributed by atoms with Gasteiger partial charge < -0.3 is 19.1 Å². The molecule has 4 nitrogen and oxygen atoms in total. The first kappa shape index (κ1) is 50.0. The molecular formula is C60H70O4Si2. The van der Waals surface area contributed by atoms with Crippen LogP contribution in [0.5, 0.6) is 0 Å². The van der Waals surface area contributed by atoms with E-state index in [0.717, 1.165) is 44.5 Å². The van der Waals surface area contributed by atoms with E-state index >= 15 is 0 Å². The Hall–Kier alpha value is -5.45. The maximum Gasteiger partial charge on any atom is 0.192 e. The first-order chi connectivity index (χ1) is 31.3. The highest BCUT2D eigenvalue weighted by Crippen LogP contribution is 2.39. The van der Waals surface area contributed by atoms with Crippen LogP contribution in [0, 0.1) is 0 Å². The van der Waals surface area contributed by atoms with Gasteiger partial charge in [-0.15, -0.1) is 0 Å². The Morgan fingerprint density at radius 3 is 0.894 bits per heavy atom. The van der Waals surface area contributed by atoms with Crippen molar-refractivity contribution >= 4 is 65.2 Å². The number of aliphatic hydroxyl groups excluding tert-OH is 2. The van der Waals surface area contributed by atoms with Gasteiger partial charge in [-0.25, -0.2) is 0 Å². The van der Waals surface area contributed by atoms with Crippen LogP contribution >= 0.6 is 0 Å². The Labute approximate surface area is 398 Å². The zero-order valence-corrected chi connectivity index (χ0v) is 42.8. The third-order valence-corrected chi connectivity index (χ3v) is 22.5. The fourth-order valence-electron chi connectivity index (χ4n) is 7.16. The quantitative estimate of drug-likeness (QED) is 0.0707. The Bertz CT molecular complexity index is 2490. The maximum atomic E-state index is 11.9. The highest BCUT2D eigenvalue weighted by molar-refractivity contribution is 6.74. The van der Waals surface area contributed by atoms with Gasteiger partial charge in [0.15, 0.2) is 16.6 Å². The number of rotatable bonds is 17. The molecule has 0 saturated carbocycles. The summed E-state index contributed by atoms with van der Waals surface area (Å²) in [6.45, 7) is 23.9. The molecule has 2 N–H and O–H groups in total. The summed E-state index contributed by atoms with van der Waals surface area (Å²) in [4.78, 5) is 0. The molecule has 0 aliphatic rings. The van der Waals surface area contributed by atoms with Crippen LogP contribution in [0.2, 0.25) is 36.3 Å². The van der Waals surface area contributed by atoms with Gasteiger partial charge in [0.25, 0.3) is 0 Å². The van der Waals surface area contributed by atoms with E-state index in [9.17, 15) is 10.2 Å². The normalized spacial score (nSPS) is 13.9. The third-order valence-electron chi connectivity index (χ3n) is 13.6. The lowest BCUT2D eigenvalue weighted by Crippen LogP contribution is -2.40. The van der Waals surface area contributed by atoms with Crippen molar-refractivity contribution in [3.8, 4) is 0 Å². The van der Waals surface area contributed by atoms with Gasteiger partial charge in [0, 0.05) is 0 Å². The minimum atomic E-state index is -1.91. The fourth-order valence-corrected chi connectivity index (χ4v) is 9.06. The molecule has 0 amide bonds. The van der Waals surface area contributed by atoms with Crippen LogP contribution in [0.4, 0.5) is 0 Å². The minimum Gasteiger partial charge on any atom is -0.413 e. The molecule has 6 rings (SSSR count). The van der Waals surface area contributed by atoms with Crippen molar-refractivity contribution in [3.63, 3.8) is 0 Å². The molecular weight excluding hydrogens is 841 g/mol. The van der Waals surface area contributed by atoms with E-state index in [0.29, 0.717) is 24.3 Å². The minimum absolute atomic E-state index is 0.139. The zero-order chi connectivity index (χ0) is 47.5. The summed E-state index contributed by atoms with van der Waals surface area (Å²) in [7, 11) is -3.81. The molecule has 0 bridgehead atoms. The van der Waals surface area contributed by atoms with Crippen molar-refractivity contribution in [1.82, 2.24) is 0 Å². The maximum absolute atomic E-state index is 11.9. The summed E-state index contributed by atoms with van der Waals surface area (Å²) in [5.74, 6) is 0. The van der Waals surface area contributed by atoms with Gasteiger partial charge in [-0.05, 0) is 103 Å². The van der Waals surface area contributed by atoms with E-state index in [4.69, 9.17) is 8.85 Å². The first-order valence-electron chi connectivity index (χ1n) is 23.2. The molecule has 6 heteroatoms. The number of aliphatic hydroxyl groups is 2. The van der Waals surface area contributed by atoms with Gasteiger partial charge in [0.1, 0.15) is 12.2 Å². The smallest absolute Gasteiger partial charge is 0.192 e. The number of hydrogen-bond donors (Lipinski definition) is 2. The van der Waals surface area contributed by atoms with Gasteiger partial charge in [-0.1, -0.05) is 236 Å². The third kappa shape index (κ3) is 12.9. The predicted molar refractivity (Wildman–Crippen MR) is 288 cm³/mol. The lowest BCUT2D eigenvalue weighted by molar-refractivity contribution is 0.0170. The van der Waals surface area contributed by atoms with Crippen LogP contribution in [0.15, 0.2) is 146 Å². The topological polar surface area (TPSA) is 58.9 Å². The molecule has 0 fully saturated rings. The van der Waals surface area contributed by atoms with E-state index in [2.05, 4.69) is 177 Å². The van der Waals surface area contributed by atoms with E-state index < -0.39 is 28.8 Å². The summed E-state index contributed by atoms with van der Waals surface area (Å²) in [5.41, 5.74) is 11.8. The van der Waals surface area contributed by atoms with Crippen LogP contribution in [0.25, 0.3) is 48.6 Å². The summed E-state index contributed by atoms with van der Waals surface area (Å²) in [5, 5.41) is 24.0. The summed E-state index contributed by atoms with van der Waals surface area (Å²) >= 11 is 0. The molecule has 342 valence electrons. The molecule has 0 aliphatic carbocycles. The number of hydrogen-bond acceptors (Lipinski definition) is 4. The molecule has 2 atom stereocenters. The van der Waals surface area contributed by atoms with Crippen molar-refractivity contribution in [2.24, 2.45) is 0 Å². The van der Waals surface area contributed by atoms with E-state index in [1.807, 2.05) is 84.9 Å². The second kappa shape index (κ2) is 21.9. The summed E-state index contributed by atoms with van der Waals surface area (Å²) in [6, 6.07) is 48.9. The highest BCUT2D eigenvalue weighted by atomic mass is 28.4. The van der Waals surface area contributed by atoms with Gasteiger partial charge in [-0.2, -0.15) is 0 Å². The molecule has 0 aromatic heterocycles.